The van der Waals surface area contributed by atoms with Gasteiger partial charge in [-0.2, -0.15) is 4.31 Å². The maximum Gasteiger partial charge on any atom is 0.243 e. The van der Waals surface area contributed by atoms with E-state index >= 15 is 0 Å². The van der Waals surface area contributed by atoms with Crippen LogP contribution in [-0.2, 0) is 21.3 Å². The Morgan fingerprint density at radius 1 is 1.25 bits per heavy atom. The maximum atomic E-state index is 12.5. The Morgan fingerprint density at radius 2 is 1.85 bits per heavy atom. The van der Waals surface area contributed by atoms with Gasteiger partial charge in [-0.3, -0.25) is 0 Å². The minimum Gasteiger partial charge on any atom is -0.378 e. The molecule has 0 unspecified atom stereocenters. The van der Waals surface area contributed by atoms with E-state index < -0.39 is 10.0 Å². The minimum atomic E-state index is -3.39. The number of hydrogen-bond acceptors (Lipinski definition) is 4. The van der Waals surface area contributed by atoms with Gasteiger partial charge in [-0.15, -0.1) is 0 Å². The quantitative estimate of drug-likeness (QED) is 0.890. The monoisotopic (exact) mass is 298 g/mol. The van der Waals surface area contributed by atoms with Crippen molar-refractivity contribution in [3.63, 3.8) is 0 Å². The van der Waals surface area contributed by atoms with Crippen molar-refractivity contribution in [2.45, 2.75) is 37.3 Å². The first kappa shape index (κ1) is 15.4. The van der Waals surface area contributed by atoms with Crippen LogP contribution < -0.4 is 5.73 Å². The molecule has 0 bridgehead atoms. The second-order valence-corrected chi connectivity index (χ2v) is 6.84. The lowest BCUT2D eigenvalue weighted by Gasteiger charge is -2.31. The number of nitrogens with zero attached hydrogens (tertiary/aromatic N) is 1. The molecule has 1 aliphatic rings. The highest BCUT2D eigenvalue weighted by atomic mass is 32.2. The summed E-state index contributed by atoms with van der Waals surface area (Å²) < 4.78 is 32.1. The fourth-order valence-corrected chi connectivity index (χ4v) is 3.89. The van der Waals surface area contributed by atoms with E-state index in [4.69, 9.17) is 10.5 Å². The summed E-state index contributed by atoms with van der Waals surface area (Å²) in [5, 5.41) is 0. The second kappa shape index (κ2) is 6.67. The Labute approximate surface area is 120 Å². The van der Waals surface area contributed by atoms with Crippen LogP contribution in [0.25, 0.3) is 0 Å². The Balaban J connectivity index is 2.07. The fourth-order valence-electron chi connectivity index (χ4n) is 2.42. The Bertz CT molecular complexity index is 520. The predicted molar refractivity (Wildman–Crippen MR) is 77.7 cm³/mol. The molecule has 20 heavy (non-hydrogen) atoms. The van der Waals surface area contributed by atoms with Crippen molar-refractivity contribution in [1.82, 2.24) is 4.31 Å². The van der Waals surface area contributed by atoms with Crippen LogP contribution in [0.3, 0.4) is 0 Å². The summed E-state index contributed by atoms with van der Waals surface area (Å²) in [4.78, 5) is 0.338. The molecule has 0 spiro atoms. The van der Waals surface area contributed by atoms with Crippen LogP contribution in [0, 0.1) is 0 Å². The normalized spacial score (nSPS) is 18.3. The van der Waals surface area contributed by atoms with Gasteiger partial charge in [0.1, 0.15) is 0 Å². The molecule has 1 heterocycles. The highest BCUT2D eigenvalue weighted by molar-refractivity contribution is 7.89. The number of piperidine rings is 1. The predicted octanol–water partition coefficient (Wildman–Crippen LogP) is 1.33. The lowest BCUT2D eigenvalue weighted by Crippen LogP contribution is -2.40. The van der Waals surface area contributed by atoms with Gasteiger partial charge in [0.25, 0.3) is 0 Å². The second-order valence-electron chi connectivity index (χ2n) is 4.91. The Hall–Kier alpha value is -0.950. The molecule has 1 aliphatic heterocycles. The number of sulfonamides is 1. The van der Waals surface area contributed by atoms with Crippen LogP contribution in [0.15, 0.2) is 29.2 Å². The number of rotatable bonds is 5. The molecule has 2 rings (SSSR count). The molecule has 1 aromatic rings. The Kier molecular flexibility index (Phi) is 5.15. The van der Waals surface area contributed by atoms with E-state index in [9.17, 15) is 8.42 Å². The van der Waals surface area contributed by atoms with Crippen LogP contribution >= 0.6 is 0 Å². The van der Waals surface area contributed by atoms with E-state index in [1.807, 2.05) is 6.92 Å². The van der Waals surface area contributed by atoms with Crippen LogP contribution in [-0.4, -0.2) is 38.5 Å². The van der Waals surface area contributed by atoms with Gasteiger partial charge >= 0.3 is 0 Å². The molecule has 0 saturated carbocycles. The zero-order chi connectivity index (χ0) is 14.6. The standard InChI is InChI=1S/C14H22N2O3S/c1-2-19-13-7-9-16(10-8-13)20(17,18)14-5-3-12(11-15)4-6-14/h3-6,13H,2,7-11,15H2,1H3. The number of benzene rings is 1. The lowest BCUT2D eigenvalue weighted by atomic mass is 10.1. The summed E-state index contributed by atoms with van der Waals surface area (Å²) >= 11 is 0. The molecule has 1 aromatic carbocycles. The van der Waals surface area contributed by atoms with Gasteiger partial charge < -0.3 is 10.5 Å². The van der Waals surface area contributed by atoms with Gasteiger partial charge in [0.2, 0.25) is 10.0 Å². The minimum absolute atomic E-state index is 0.186. The van der Waals surface area contributed by atoms with Crippen molar-refractivity contribution < 1.29 is 13.2 Å². The zero-order valence-electron chi connectivity index (χ0n) is 11.8. The first-order chi connectivity index (χ1) is 9.57. The Morgan fingerprint density at radius 3 is 2.35 bits per heavy atom. The molecule has 0 radical (unpaired) electrons. The fraction of sp³-hybridized carbons (Fsp3) is 0.571. The lowest BCUT2D eigenvalue weighted by molar-refractivity contribution is 0.0290. The molecular weight excluding hydrogens is 276 g/mol. The average molecular weight is 298 g/mol. The molecule has 0 aliphatic carbocycles. The van der Waals surface area contributed by atoms with Crippen LogP contribution in [0.4, 0.5) is 0 Å². The summed E-state index contributed by atoms with van der Waals surface area (Å²) in [6.07, 6.45) is 1.70. The summed E-state index contributed by atoms with van der Waals surface area (Å²) in [7, 11) is -3.39. The number of ether oxygens (including phenoxy) is 1. The van der Waals surface area contributed by atoms with E-state index in [0.29, 0.717) is 31.1 Å². The SMILES string of the molecule is CCOC1CCN(S(=O)(=O)c2ccc(CN)cc2)CC1. The molecule has 1 saturated heterocycles. The number of hydrogen-bond donors (Lipinski definition) is 1. The molecule has 112 valence electrons. The van der Waals surface area contributed by atoms with E-state index in [0.717, 1.165) is 18.4 Å². The molecule has 1 fully saturated rings. The highest BCUT2D eigenvalue weighted by Gasteiger charge is 2.29. The van der Waals surface area contributed by atoms with Crippen LogP contribution in [0.5, 0.6) is 0 Å². The van der Waals surface area contributed by atoms with E-state index in [1.54, 1.807) is 28.6 Å². The molecule has 5 nitrogen and oxygen atoms in total. The summed E-state index contributed by atoms with van der Waals surface area (Å²) in [6.45, 7) is 4.09. The van der Waals surface area contributed by atoms with Crippen LogP contribution in [0.2, 0.25) is 0 Å². The van der Waals surface area contributed by atoms with Crippen molar-refractivity contribution >= 4 is 10.0 Å². The third kappa shape index (κ3) is 3.38. The number of nitrogens with two attached hydrogens (primary N) is 1. The average Bonchev–Trinajstić information content (AvgIpc) is 2.48. The van der Waals surface area contributed by atoms with Gasteiger partial charge in [-0.1, -0.05) is 12.1 Å². The van der Waals surface area contributed by atoms with Crippen molar-refractivity contribution in [1.29, 1.82) is 0 Å². The van der Waals surface area contributed by atoms with Crippen LogP contribution in [0.1, 0.15) is 25.3 Å². The molecule has 2 N–H and O–H groups in total. The summed E-state index contributed by atoms with van der Waals surface area (Å²) in [5.74, 6) is 0. The summed E-state index contributed by atoms with van der Waals surface area (Å²) in [5.41, 5.74) is 6.45. The smallest absolute Gasteiger partial charge is 0.243 e. The van der Waals surface area contributed by atoms with Crippen molar-refractivity contribution in [3.05, 3.63) is 29.8 Å². The van der Waals surface area contributed by atoms with Crippen molar-refractivity contribution in [3.8, 4) is 0 Å². The van der Waals surface area contributed by atoms with Crippen molar-refractivity contribution in [2.24, 2.45) is 5.73 Å². The largest absolute Gasteiger partial charge is 0.378 e. The van der Waals surface area contributed by atoms with Gasteiger partial charge in [-0.25, -0.2) is 8.42 Å². The summed E-state index contributed by atoms with van der Waals surface area (Å²) in [6, 6.07) is 6.79. The third-order valence-electron chi connectivity index (χ3n) is 3.60. The first-order valence-electron chi connectivity index (χ1n) is 6.98. The molecule has 6 heteroatoms. The zero-order valence-corrected chi connectivity index (χ0v) is 12.6. The van der Waals surface area contributed by atoms with Gasteiger partial charge in [0.15, 0.2) is 0 Å². The van der Waals surface area contributed by atoms with Crippen molar-refractivity contribution in [2.75, 3.05) is 19.7 Å². The first-order valence-corrected chi connectivity index (χ1v) is 8.42. The molecular formula is C14H22N2O3S. The van der Waals surface area contributed by atoms with Gasteiger partial charge in [0.05, 0.1) is 11.0 Å². The van der Waals surface area contributed by atoms with Gasteiger partial charge in [-0.05, 0) is 37.5 Å². The van der Waals surface area contributed by atoms with E-state index in [1.165, 1.54) is 0 Å². The van der Waals surface area contributed by atoms with E-state index in [-0.39, 0.29) is 6.10 Å². The van der Waals surface area contributed by atoms with Gasteiger partial charge in [0, 0.05) is 26.2 Å². The topological polar surface area (TPSA) is 72.6 Å². The molecule has 0 atom stereocenters. The third-order valence-corrected chi connectivity index (χ3v) is 5.51. The highest BCUT2D eigenvalue weighted by Crippen LogP contribution is 2.22. The molecule has 0 amide bonds. The molecule has 0 aromatic heterocycles. The maximum absolute atomic E-state index is 12.5. The van der Waals surface area contributed by atoms with E-state index in [2.05, 4.69) is 0 Å².